The lowest BCUT2D eigenvalue weighted by molar-refractivity contribution is 1.02. The zero-order valence-electron chi connectivity index (χ0n) is 11.0. The number of benzene rings is 2. The molecule has 0 aliphatic rings. The van der Waals surface area contributed by atoms with Crippen LogP contribution in [-0.4, -0.2) is 10.2 Å². The Balaban J connectivity index is 1.79. The molecule has 96 valence electrons. The van der Waals surface area contributed by atoms with Crippen LogP contribution in [0.4, 0.5) is 0 Å². The van der Waals surface area contributed by atoms with Crippen molar-refractivity contribution in [3.05, 3.63) is 84.2 Å². The van der Waals surface area contributed by atoms with Gasteiger partial charge in [-0.05, 0) is 34.9 Å². The first-order chi connectivity index (χ1) is 9.92. The van der Waals surface area contributed by atoms with Crippen LogP contribution in [0.3, 0.4) is 0 Å². The van der Waals surface area contributed by atoms with E-state index in [9.17, 15) is 0 Å². The Morgan fingerprint density at radius 3 is 2.10 bits per heavy atom. The van der Waals surface area contributed by atoms with E-state index in [0.29, 0.717) is 0 Å². The maximum atomic E-state index is 4.02. The number of nitrogens with zero attached hydrogens (tertiary/aromatic N) is 2. The normalized spacial score (nSPS) is 10.8. The van der Waals surface area contributed by atoms with Crippen molar-refractivity contribution in [3.63, 3.8) is 0 Å². The van der Waals surface area contributed by atoms with E-state index in [1.165, 1.54) is 11.1 Å². The Bertz CT molecular complexity index is 687. The molecule has 0 saturated heterocycles. The minimum atomic E-state index is 0.861. The van der Waals surface area contributed by atoms with Crippen LogP contribution >= 0.6 is 0 Å². The first-order valence-corrected chi connectivity index (χ1v) is 6.53. The fourth-order valence-corrected chi connectivity index (χ4v) is 2.00. The molecule has 3 aromatic rings. The third-order valence-corrected chi connectivity index (χ3v) is 3.06. The molecule has 2 aromatic carbocycles. The Morgan fingerprint density at radius 1 is 0.650 bits per heavy atom. The second-order valence-electron chi connectivity index (χ2n) is 4.47. The Morgan fingerprint density at radius 2 is 1.40 bits per heavy atom. The highest BCUT2D eigenvalue weighted by Crippen LogP contribution is 2.19. The van der Waals surface area contributed by atoms with Crippen molar-refractivity contribution in [1.29, 1.82) is 0 Å². The van der Waals surface area contributed by atoms with Crippen LogP contribution in [0.1, 0.15) is 11.3 Å². The molecule has 0 unspecified atom stereocenters. The molecule has 1 aromatic heterocycles. The molecule has 0 fully saturated rings. The van der Waals surface area contributed by atoms with Crippen LogP contribution in [0, 0.1) is 0 Å². The van der Waals surface area contributed by atoms with Gasteiger partial charge in [0.2, 0.25) is 0 Å². The summed E-state index contributed by atoms with van der Waals surface area (Å²) in [5.41, 5.74) is 4.47. The van der Waals surface area contributed by atoms with Crippen molar-refractivity contribution in [2.24, 2.45) is 0 Å². The fraction of sp³-hybridized carbons (Fsp3) is 0. The summed E-state index contributed by atoms with van der Waals surface area (Å²) >= 11 is 0. The molecule has 1 heterocycles. The smallest absolute Gasteiger partial charge is 0.0857 e. The predicted molar refractivity (Wildman–Crippen MR) is 82.8 cm³/mol. The van der Waals surface area contributed by atoms with Gasteiger partial charge in [-0.2, -0.15) is 10.2 Å². The maximum Gasteiger partial charge on any atom is 0.0857 e. The third kappa shape index (κ3) is 2.98. The predicted octanol–water partition coefficient (Wildman–Crippen LogP) is 4.31. The molecule has 0 aliphatic heterocycles. The van der Waals surface area contributed by atoms with Gasteiger partial charge in [0.15, 0.2) is 0 Å². The van der Waals surface area contributed by atoms with Crippen LogP contribution in [0.15, 0.2) is 72.9 Å². The zero-order chi connectivity index (χ0) is 13.6. The van der Waals surface area contributed by atoms with Gasteiger partial charge in [0, 0.05) is 6.20 Å². The highest BCUT2D eigenvalue weighted by molar-refractivity contribution is 5.70. The molecule has 0 bridgehead atoms. The summed E-state index contributed by atoms with van der Waals surface area (Å²) < 4.78 is 0. The molecule has 0 spiro atoms. The topological polar surface area (TPSA) is 25.8 Å². The van der Waals surface area contributed by atoms with Crippen LogP contribution in [-0.2, 0) is 0 Å². The Hall–Kier alpha value is -2.74. The lowest BCUT2D eigenvalue weighted by Crippen LogP contribution is -1.82. The molecule has 0 saturated carbocycles. The summed E-state index contributed by atoms with van der Waals surface area (Å²) in [6, 6.07) is 22.7. The lowest BCUT2D eigenvalue weighted by Gasteiger charge is -2.01. The van der Waals surface area contributed by atoms with E-state index in [1.54, 1.807) is 6.20 Å². The summed E-state index contributed by atoms with van der Waals surface area (Å²) in [6.45, 7) is 0. The molecular weight excluding hydrogens is 244 g/mol. The molecular formula is C18H14N2. The van der Waals surface area contributed by atoms with E-state index in [-0.39, 0.29) is 0 Å². The zero-order valence-corrected chi connectivity index (χ0v) is 11.0. The summed E-state index contributed by atoms with van der Waals surface area (Å²) in [5, 5.41) is 7.87. The first kappa shape index (κ1) is 12.3. The molecule has 3 rings (SSSR count). The van der Waals surface area contributed by atoms with Gasteiger partial charge in [0.25, 0.3) is 0 Å². The summed E-state index contributed by atoms with van der Waals surface area (Å²) in [7, 11) is 0. The minimum Gasteiger partial charge on any atom is -0.159 e. The number of aromatic nitrogens is 2. The van der Waals surface area contributed by atoms with Crippen LogP contribution in [0.25, 0.3) is 23.3 Å². The SMILES string of the molecule is C(=C\c1cccnn1)/c1ccc(-c2ccccc2)cc1. The quantitative estimate of drug-likeness (QED) is 0.699. The Kier molecular flexibility index (Phi) is 3.65. The molecule has 2 nitrogen and oxygen atoms in total. The van der Waals surface area contributed by atoms with E-state index in [1.807, 2.05) is 30.4 Å². The third-order valence-electron chi connectivity index (χ3n) is 3.06. The van der Waals surface area contributed by atoms with E-state index in [4.69, 9.17) is 0 Å². The van der Waals surface area contributed by atoms with Gasteiger partial charge in [-0.3, -0.25) is 0 Å². The summed E-state index contributed by atoms with van der Waals surface area (Å²) in [6.07, 6.45) is 5.68. The second-order valence-corrected chi connectivity index (χ2v) is 4.47. The number of rotatable bonds is 3. The maximum absolute atomic E-state index is 4.02. The van der Waals surface area contributed by atoms with Gasteiger partial charge in [0.05, 0.1) is 5.69 Å². The van der Waals surface area contributed by atoms with Gasteiger partial charge in [-0.1, -0.05) is 60.7 Å². The number of hydrogen-bond donors (Lipinski definition) is 0. The molecule has 0 aliphatic carbocycles. The second kappa shape index (κ2) is 5.93. The van der Waals surface area contributed by atoms with E-state index in [2.05, 4.69) is 58.7 Å². The standard InChI is InChI=1S/C18H14N2/c1-2-5-16(6-3-1)17-11-8-15(9-12-17)10-13-18-7-4-14-19-20-18/h1-14H/b13-10+. The lowest BCUT2D eigenvalue weighted by atomic mass is 10.0. The van der Waals surface area contributed by atoms with E-state index in [0.717, 1.165) is 11.3 Å². The Labute approximate surface area is 118 Å². The number of hydrogen-bond acceptors (Lipinski definition) is 2. The van der Waals surface area contributed by atoms with Gasteiger partial charge < -0.3 is 0 Å². The molecule has 0 radical (unpaired) electrons. The van der Waals surface area contributed by atoms with E-state index < -0.39 is 0 Å². The van der Waals surface area contributed by atoms with Crippen LogP contribution < -0.4 is 0 Å². The van der Waals surface area contributed by atoms with Crippen molar-refractivity contribution in [2.75, 3.05) is 0 Å². The van der Waals surface area contributed by atoms with Gasteiger partial charge in [-0.15, -0.1) is 0 Å². The summed E-state index contributed by atoms with van der Waals surface area (Å²) in [5.74, 6) is 0. The van der Waals surface area contributed by atoms with Crippen molar-refractivity contribution < 1.29 is 0 Å². The average molecular weight is 258 g/mol. The van der Waals surface area contributed by atoms with Crippen molar-refractivity contribution >= 4 is 12.2 Å². The van der Waals surface area contributed by atoms with Crippen LogP contribution in [0.5, 0.6) is 0 Å². The molecule has 0 amide bonds. The van der Waals surface area contributed by atoms with Gasteiger partial charge in [0.1, 0.15) is 0 Å². The van der Waals surface area contributed by atoms with Crippen molar-refractivity contribution in [2.45, 2.75) is 0 Å². The van der Waals surface area contributed by atoms with Crippen molar-refractivity contribution in [1.82, 2.24) is 10.2 Å². The van der Waals surface area contributed by atoms with Gasteiger partial charge >= 0.3 is 0 Å². The molecule has 0 atom stereocenters. The molecule has 0 N–H and O–H groups in total. The average Bonchev–Trinajstić information content (AvgIpc) is 2.55. The first-order valence-electron chi connectivity index (χ1n) is 6.53. The highest BCUT2D eigenvalue weighted by atomic mass is 15.1. The highest BCUT2D eigenvalue weighted by Gasteiger charge is 1.95. The van der Waals surface area contributed by atoms with Crippen LogP contribution in [0.2, 0.25) is 0 Å². The summed E-state index contributed by atoms with van der Waals surface area (Å²) in [4.78, 5) is 0. The largest absolute Gasteiger partial charge is 0.159 e. The monoisotopic (exact) mass is 258 g/mol. The van der Waals surface area contributed by atoms with E-state index >= 15 is 0 Å². The van der Waals surface area contributed by atoms with Gasteiger partial charge in [-0.25, -0.2) is 0 Å². The molecule has 20 heavy (non-hydrogen) atoms. The fourth-order valence-electron chi connectivity index (χ4n) is 2.00. The minimum absolute atomic E-state index is 0.861. The van der Waals surface area contributed by atoms with Crippen molar-refractivity contribution in [3.8, 4) is 11.1 Å². The molecule has 2 heteroatoms.